The van der Waals surface area contributed by atoms with Crippen molar-refractivity contribution in [3.8, 4) is 0 Å². The summed E-state index contributed by atoms with van der Waals surface area (Å²) >= 11 is 6.39. The first-order valence-corrected chi connectivity index (χ1v) is 6.28. The zero-order valence-corrected chi connectivity index (χ0v) is 10.1. The fourth-order valence-electron chi connectivity index (χ4n) is 1.51. The van der Waals surface area contributed by atoms with Gasteiger partial charge in [0.1, 0.15) is 4.32 Å². The number of nitrogens with zero attached hydrogens (tertiary/aromatic N) is 1. The van der Waals surface area contributed by atoms with E-state index in [0.29, 0.717) is 10.1 Å². The number of amides is 1. The summed E-state index contributed by atoms with van der Waals surface area (Å²) in [7, 11) is 0. The fourth-order valence-corrected chi connectivity index (χ4v) is 2.60. The number of hydrogen-bond donors (Lipinski definition) is 1. The van der Waals surface area contributed by atoms with Gasteiger partial charge >= 0.3 is 0 Å². The van der Waals surface area contributed by atoms with Crippen LogP contribution in [0.5, 0.6) is 0 Å². The maximum atomic E-state index is 11.5. The van der Waals surface area contributed by atoms with Gasteiger partial charge in [0.25, 0.3) is 0 Å². The van der Waals surface area contributed by atoms with E-state index in [1.807, 2.05) is 30.3 Å². The number of β-amino-alcohol motifs (C(OH)–C–C–N with tert-alkyl or cyclic N) is 1. The Hall–Kier alpha value is -0.910. The standard InChI is InChI=1S/C11H11NO2S2/c13-9(8-4-2-1-3-5-8)6-12-10(14)7-16-11(12)15/h1-5,9,13H,6-7H2/t9-/m1/s1. The van der Waals surface area contributed by atoms with Crippen LogP contribution in [-0.2, 0) is 4.79 Å². The molecule has 1 heterocycles. The third-order valence-corrected chi connectivity index (χ3v) is 3.81. The van der Waals surface area contributed by atoms with E-state index in [9.17, 15) is 9.90 Å². The van der Waals surface area contributed by atoms with Gasteiger partial charge in [0.05, 0.1) is 18.4 Å². The van der Waals surface area contributed by atoms with Crippen LogP contribution in [0.15, 0.2) is 30.3 Å². The van der Waals surface area contributed by atoms with Crippen LogP contribution in [0.25, 0.3) is 0 Å². The van der Waals surface area contributed by atoms with E-state index < -0.39 is 6.10 Å². The highest BCUT2D eigenvalue weighted by atomic mass is 32.2. The second kappa shape index (κ2) is 4.95. The highest BCUT2D eigenvalue weighted by Crippen LogP contribution is 2.23. The quantitative estimate of drug-likeness (QED) is 0.830. The minimum atomic E-state index is -0.679. The summed E-state index contributed by atoms with van der Waals surface area (Å²) in [5.74, 6) is 0.366. The molecule has 3 nitrogen and oxygen atoms in total. The molecule has 0 unspecified atom stereocenters. The van der Waals surface area contributed by atoms with Crippen LogP contribution in [0, 0.1) is 0 Å². The van der Waals surface area contributed by atoms with Crippen molar-refractivity contribution in [2.75, 3.05) is 12.3 Å². The molecule has 84 valence electrons. The Morgan fingerprint density at radius 3 is 2.69 bits per heavy atom. The molecule has 1 amide bonds. The molecule has 1 aliphatic rings. The lowest BCUT2D eigenvalue weighted by molar-refractivity contribution is -0.125. The van der Waals surface area contributed by atoms with E-state index in [1.54, 1.807) is 0 Å². The number of aliphatic hydroxyl groups excluding tert-OH is 1. The lowest BCUT2D eigenvalue weighted by Crippen LogP contribution is -2.32. The van der Waals surface area contributed by atoms with Gasteiger partial charge in [-0.2, -0.15) is 0 Å². The SMILES string of the molecule is O=C1CSC(=S)N1C[C@@H](O)c1ccccc1. The Morgan fingerprint density at radius 2 is 2.12 bits per heavy atom. The molecule has 2 rings (SSSR count). The molecule has 1 fully saturated rings. The summed E-state index contributed by atoms with van der Waals surface area (Å²) in [5.41, 5.74) is 0.801. The molecule has 1 aromatic carbocycles. The summed E-state index contributed by atoms with van der Waals surface area (Å²) in [5, 5.41) is 9.95. The van der Waals surface area contributed by atoms with Crippen molar-refractivity contribution in [2.24, 2.45) is 0 Å². The highest BCUT2D eigenvalue weighted by Gasteiger charge is 2.28. The zero-order valence-electron chi connectivity index (χ0n) is 8.50. The molecular weight excluding hydrogens is 242 g/mol. The maximum Gasteiger partial charge on any atom is 0.238 e. The number of aliphatic hydroxyl groups is 1. The first kappa shape index (κ1) is 11.6. The Kier molecular flexibility index (Phi) is 3.58. The summed E-state index contributed by atoms with van der Waals surface area (Å²) in [6, 6.07) is 9.27. The Bertz CT molecular complexity index is 392. The second-order valence-corrected chi connectivity index (χ2v) is 5.09. The molecule has 0 saturated carbocycles. The Morgan fingerprint density at radius 1 is 1.44 bits per heavy atom. The molecule has 1 aromatic rings. The highest BCUT2D eigenvalue weighted by molar-refractivity contribution is 8.23. The van der Waals surface area contributed by atoms with E-state index in [-0.39, 0.29) is 12.5 Å². The van der Waals surface area contributed by atoms with Gasteiger partial charge in [-0.25, -0.2) is 0 Å². The van der Waals surface area contributed by atoms with Crippen molar-refractivity contribution in [3.05, 3.63) is 35.9 Å². The number of hydrogen-bond acceptors (Lipinski definition) is 4. The molecule has 1 atom stereocenters. The van der Waals surface area contributed by atoms with E-state index in [4.69, 9.17) is 12.2 Å². The van der Waals surface area contributed by atoms with E-state index in [2.05, 4.69) is 0 Å². The van der Waals surface area contributed by atoms with Crippen molar-refractivity contribution >= 4 is 34.2 Å². The monoisotopic (exact) mass is 253 g/mol. The average Bonchev–Trinajstić information content (AvgIpc) is 2.62. The normalized spacial score (nSPS) is 17.9. The van der Waals surface area contributed by atoms with Gasteiger partial charge in [0.2, 0.25) is 5.91 Å². The number of benzene rings is 1. The van der Waals surface area contributed by atoms with Gasteiger partial charge in [-0.1, -0.05) is 54.3 Å². The number of carbonyl (C=O) groups is 1. The largest absolute Gasteiger partial charge is 0.387 e. The van der Waals surface area contributed by atoms with Crippen LogP contribution in [0.4, 0.5) is 0 Å². The maximum absolute atomic E-state index is 11.5. The Balaban J connectivity index is 2.05. The van der Waals surface area contributed by atoms with E-state index in [0.717, 1.165) is 5.56 Å². The van der Waals surface area contributed by atoms with Crippen LogP contribution >= 0.6 is 24.0 Å². The van der Waals surface area contributed by atoms with Gasteiger partial charge in [0.15, 0.2) is 0 Å². The van der Waals surface area contributed by atoms with Crippen molar-refractivity contribution < 1.29 is 9.90 Å². The van der Waals surface area contributed by atoms with Crippen LogP contribution in [0.2, 0.25) is 0 Å². The average molecular weight is 253 g/mol. The summed E-state index contributed by atoms with van der Waals surface area (Å²) in [6.07, 6.45) is -0.679. The molecule has 16 heavy (non-hydrogen) atoms. The number of carbonyl (C=O) groups excluding carboxylic acids is 1. The Labute approximate surface area is 103 Å². The van der Waals surface area contributed by atoms with E-state index in [1.165, 1.54) is 16.7 Å². The van der Waals surface area contributed by atoms with Gasteiger partial charge in [-0.05, 0) is 5.56 Å². The minimum Gasteiger partial charge on any atom is -0.387 e. The summed E-state index contributed by atoms with van der Waals surface area (Å²) in [6.45, 7) is 0.245. The molecule has 1 aliphatic heterocycles. The van der Waals surface area contributed by atoms with Gasteiger partial charge in [-0.15, -0.1) is 0 Å². The topological polar surface area (TPSA) is 40.5 Å². The van der Waals surface area contributed by atoms with Crippen LogP contribution in [0.1, 0.15) is 11.7 Å². The number of rotatable bonds is 3. The second-order valence-electron chi connectivity index (χ2n) is 3.49. The lowest BCUT2D eigenvalue weighted by atomic mass is 10.1. The molecule has 0 spiro atoms. The fraction of sp³-hybridized carbons (Fsp3) is 0.273. The zero-order chi connectivity index (χ0) is 11.5. The number of thioether (sulfide) groups is 1. The van der Waals surface area contributed by atoms with E-state index >= 15 is 0 Å². The molecule has 0 aromatic heterocycles. The molecule has 1 saturated heterocycles. The third kappa shape index (κ3) is 2.42. The van der Waals surface area contributed by atoms with Crippen LogP contribution < -0.4 is 0 Å². The minimum absolute atomic E-state index is 0.0232. The molecule has 0 radical (unpaired) electrons. The lowest BCUT2D eigenvalue weighted by Gasteiger charge is -2.19. The number of thiocarbonyl (C=S) groups is 1. The van der Waals surface area contributed by atoms with Crippen LogP contribution in [0.3, 0.4) is 0 Å². The van der Waals surface area contributed by atoms with Crippen LogP contribution in [-0.4, -0.2) is 32.5 Å². The van der Waals surface area contributed by atoms with Gasteiger partial charge in [-0.3, -0.25) is 9.69 Å². The van der Waals surface area contributed by atoms with Gasteiger partial charge in [0, 0.05) is 0 Å². The van der Waals surface area contributed by atoms with Crippen molar-refractivity contribution in [2.45, 2.75) is 6.10 Å². The molecular formula is C11H11NO2S2. The predicted molar refractivity (Wildman–Crippen MR) is 68.2 cm³/mol. The first-order chi connectivity index (χ1) is 7.68. The van der Waals surface area contributed by atoms with Crippen molar-refractivity contribution in [3.63, 3.8) is 0 Å². The predicted octanol–water partition coefficient (Wildman–Crippen LogP) is 1.58. The van der Waals surface area contributed by atoms with Crippen molar-refractivity contribution in [1.29, 1.82) is 0 Å². The van der Waals surface area contributed by atoms with Crippen molar-refractivity contribution in [1.82, 2.24) is 4.90 Å². The van der Waals surface area contributed by atoms with Gasteiger partial charge < -0.3 is 5.11 Å². The molecule has 5 heteroatoms. The first-order valence-electron chi connectivity index (χ1n) is 4.88. The third-order valence-electron chi connectivity index (χ3n) is 2.38. The molecule has 0 bridgehead atoms. The molecule has 1 N–H and O–H groups in total. The smallest absolute Gasteiger partial charge is 0.238 e. The molecule has 0 aliphatic carbocycles. The summed E-state index contributed by atoms with van der Waals surface area (Å²) in [4.78, 5) is 12.9. The summed E-state index contributed by atoms with van der Waals surface area (Å²) < 4.78 is 0.556.